The maximum Gasteiger partial charge on any atom is 0.137 e. The maximum atomic E-state index is 5.52. The molecule has 1 aliphatic heterocycles. The molecule has 0 spiro atoms. The van der Waals surface area contributed by atoms with Gasteiger partial charge < -0.3 is 4.74 Å². The SMILES string of the molecule is CC1=c2ccc3c(c2C=CC1C1CO1)CCC1=CCC=CC=31.c1nc[nH]n1. The van der Waals surface area contributed by atoms with Crippen LogP contribution in [0.5, 0.6) is 0 Å². The van der Waals surface area contributed by atoms with E-state index in [1.807, 2.05) is 0 Å². The van der Waals surface area contributed by atoms with Crippen LogP contribution in [0.25, 0.3) is 17.2 Å². The third-order valence-electron chi connectivity index (χ3n) is 5.91. The van der Waals surface area contributed by atoms with Crippen molar-refractivity contribution < 1.29 is 4.74 Å². The molecule has 6 rings (SSSR count). The van der Waals surface area contributed by atoms with E-state index in [4.69, 9.17) is 4.74 Å². The Bertz CT molecular complexity index is 1050. The number of aromatic amines is 1. The van der Waals surface area contributed by atoms with Crippen LogP contribution in [0.1, 0.15) is 30.9 Å². The van der Waals surface area contributed by atoms with E-state index >= 15 is 0 Å². The smallest absolute Gasteiger partial charge is 0.137 e. The number of allylic oxidation sites excluding steroid dienone is 4. The fourth-order valence-electron chi connectivity index (χ4n) is 4.45. The number of aromatic nitrogens is 3. The van der Waals surface area contributed by atoms with Gasteiger partial charge in [-0.05, 0) is 58.9 Å². The molecule has 1 aromatic carbocycles. The highest BCUT2D eigenvalue weighted by Gasteiger charge is 2.33. The Balaban J connectivity index is 0.000000280. The second-order valence-corrected chi connectivity index (χ2v) is 7.43. The van der Waals surface area contributed by atoms with E-state index in [9.17, 15) is 0 Å². The van der Waals surface area contributed by atoms with E-state index in [2.05, 4.69) is 64.6 Å². The number of benzene rings is 1. The molecule has 2 unspecified atom stereocenters. The van der Waals surface area contributed by atoms with E-state index in [0.717, 1.165) is 13.0 Å². The zero-order chi connectivity index (χ0) is 18.2. The summed E-state index contributed by atoms with van der Waals surface area (Å²) in [6.07, 6.45) is 18.5. The predicted octanol–water partition coefficient (Wildman–Crippen LogP) is 2.69. The van der Waals surface area contributed by atoms with Crippen LogP contribution in [0.15, 0.2) is 54.7 Å². The van der Waals surface area contributed by atoms with Crippen molar-refractivity contribution >= 4 is 17.2 Å². The fourth-order valence-corrected chi connectivity index (χ4v) is 4.45. The van der Waals surface area contributed by atoms with Gasteiger partial charge >= 0.3 is 0 Å². The molecule has 4 aliphatic rings. The Morgan fingerprint density at radius 3 is 2.78 bits per heavy atom. The van der Waals surface area contributed by atoms with E-state index in [1.165, 1.54) is 52.6 Å². The largest absolute Gasteiger partial charge is 0.372 e. The quantitative estimate of drug-likeness (QED) is 0.799. The maximum absolute atomic E-state index is 5.52. The first-order valence-corrected chi connectivity index (χ1v) is 9.64. The van der Waals surface area contributed by atoms with Crippen molar-refractivity contribution in [3.63, 3.8) is 0 Å². The number of nitrogens with one attached hydrogen (secondary N) is 1. The Kier molecular flexibility index (Phi) is 4.13. The van der Waals surface area contributed by atoms with Gasteiger partial charge in [-0.1, -0.05) is 48.1 Å². The number of H-pyrrole nitrogens is 1. The summed E-state index contributed by atoms with van der Waals surface area (Å²) in [6, 6.07) is 4.68. The molecule has 1 N–H and O–H groups in total. The summed E-state index contributed by atoms with van der Waals surface area (Å²) in [5.41, 5.74) is 7.47. The summed E-state index contributed by atoms with van der Waals surface area (Å²) in [4.78, 5) is 3.56. The lowest BCUT2D eigenvalue weighted by Crippen LogP contribution is -2.29. The van der Waals surface area contributed by atoms with Gasteiger partial charge in [-0.3, -0.25) is 5.10 Å². The van der Waals surface area contributed by atoms with Crippen LogP contribution in [-0.4, -0.2) is 27.9 Å². The topological polar surface area (TPSA) is 54.1 Å². The van der Waals surface area contributed by atoms with Crippen LogP contribution in [0.4, 0.5) is 0 Å². The van der Waals surface area contributed by atoms with Gasteiger partial charge in [0.05, 0.1) is 12.7 Å². The van der Waals surface area contributed by atoms with E-state index in [1.54, 1.807) is 11.1 Å². The number of fused-ring (bicyclic) bond motifs is 4. The Morgan fingerprint density at radius 1 is 1.15 bits per heavy atom. The normalized spacial score (nSPS) is 24.3. The lowest BCUT2D eigenvalue weighted by molar-refractivity contribution is 0.387. The Labute approximate surface area is 158 Å². The number of hydrogen-bond donors (Lipinski definition) is 1. The summed E-state index contributed by atoms with van der Waals surface area (Å²) in [7, 11) is 0. The average Bonchev–Trinajstić information content (AvgIpc) is 3.37. The van der Waals surface area contributed by atoms with Crippen molar-refractivity contribution in [3.8, 4) is 0 Å². The molecule has 0 saturated carbocycles. The zero-order valence-electron chi connectivity index (χ0n) is 15.5. The molecule has 3 aliphatic carbocycles. The van der Waals surface area contributed by atoms with Crippen LogP contribution >= 0.6 is 0 Å². The first kappa shape index (κ1) is 16.5. The molecule has 1 aromatic heterocycles. The first-order chi connectivity index (χ1) is 13.3. The number of hydrogen-bond acceptors (Lipinski definition) is 3. The number of ether oxygens (including phenoxy) is 1. The minimum absolute atomic E-state index is 0.422. The zero-order valence-corrected chi connectivity index (χ0v) is 15.5. The molecule has 1 saturated heterocycles. The van der Waals surface area contributed by atoms with Gasteiger partial charge in [-0.25, -0.2) is 4.98 Å². The number of epoxide rings is 1. The van der Waals surface area contributed by atoms with Gasteiger partial charge in [-0.2, -0.15) is 5.10 Å². The third-order valence-corrected chi connectivity index (χ3v) is 5.91. The lowest BCUT2D eigenvalue weighted by Gasteiger charge is -2.24. The highest BCUT2D eigenvalue weighted by molar-refractivity contribution is 5.78. The molecular formula is C23H23N3O. The minimum atomic E-state index is 0.422. The predicted molar refractivity (Wildman–Crippen MR) is 107 cm³/mol. The molecule has 2 aromatic rings. The molecule has 0 bridgehead atoms. The molecule has 2 heterocycles. The van der Waals surface area contributed by atoms with Gasteiger partial charge in [0.25, 0.3) is 0 Å². The molecule has 4 heteroatoms. The molecule has 0 radical (unpaired) electrons. The monoisotopic (exact) mass is 357 g/mol. The second kappa shape index (κ2) is 6.78. The molecule has 1 fully saturated rings. The standard InChI is InChI=1S/C21H20O.C2H3N3/c1-13-15-8-10-19-17-5-3-2-4-14(17)6-7-20(19)18(15)11-9-16(13)21-12-22-21;1-3-2-5-4-1/h3-5,8-11,16,21H,2,6-7,12H2,1H3;1-2H,(H,3,4,5). The van der Waals surface area contributed by atoms with Gasteiger partial charge in [0.1, 0.15) is 12.7 Å². The van der Waals surface area contributed by atoms with Gasteiger partial charge in [0, 0.05) is 5.92 Å². The van der Waals surface area contributed by atoms with Gasteiger partial charge in [0.2, 0.25) is 0 Å². The van der Waals surface area contributed by atoms with Crippen molar-refractivity contribution in [2.75, 3.05) is 6.61 Å². The van der Waals surface area contributed by atoms with Crippen LogP contribution < -0.4 is 10.4 Å². The van der Waals surface area contributed by atoms with E-state index < -0.39 is 0 Å². The second-order valence-electron chi connectivity index (χ2n) is 7.43. The van der Waals surface area contributed by atoms with Crippen molar-refractivity contribution in [2.45, 2.75) is 32.3 Å². The number of rotatable bonds is 1. The Morgan fingerprint density at radius 2 is 2.04 bits per heavy atom. The fraction of sp³-hybridized carbons (Fsp3) is 0.304. The molecule has 136 valence electrons. The van der Waals surface area contributed by atoms with Crippen LogP contribution in [0.2, 0.25) is 0 Å². The lowest BCUT2D eigenvalue weighted by atomic mass is 9.80. The van der Waals surface area contributed by atoms with Crippen molar-refractivity contribution in [1.29, 1.82) is 0 Å². The minimum Gasteiger partial charge on any atom is -0.372 e. The van der Waals surface area contributed by atoms with E-state index in [-0.39, 0.29) is 0 Å². The average molecular weight is 357 g/mol. The third kappa shape index (κ3) is 3.00. The highest BCUT2D eigenvalue weighted by atomic mass is 16.6. The van der Waals surface area contributed by atoms with Gasteiger partial charge in [0.15, 0.2) is 0 Å². The molecule has 2 atom stereocenters. The summed E-state index contributed by atoms with van der Waals surface area (Å²) < 4.78 is 5.52. The van der Waals surface area contributed by atoms with Crippen LogP contribution in [0.3, 0.4) is 0 Å². The summed E-state index contributed by atoms with van der Waals surface area (Å²) in [5.74, 6) is 0.479. The highest BCUT2D eigenvalue weighted by Crippen LogP contribution is 2.32. The molecule has 27 heavy (non-hydrogen) atoms. The molecular weight excluding hydrogens is 334 g/mol. The summed E-state index contributed by atoms with van der Waals surface area (Å²) in [6.45, 7) is 3.20. The molecule has 4 nitrogen and oxygen atoms in total. The molecule has 0 amide bonds. The van der Waals surface area contributed by atoms with Crippen LogP contribution in [0, 0.1) is 5.92 Å². The van der Waals surface area contributed by atoms with Crippen molar-refractivity contribution in [3.05, 3.63) is 76.2 Å². The van der Waals surface area contributed by atoms with Crippen LogP contribution in [-0.2, 0) is 11.2 Å². The van der Waals surface area contributed by atoms with Gasteiger partial charge in [-0.15, -0.1) is 0 Å². The Hall–Kier alpha value is -2.72. The first-order valence-electron chi connectivity index (χ1n) is 9.64. The van der Waals surface area contributed by atoms with Crippen molar-refractivity contribution in [1.82, 2.24) is 15.2 Å². The van der Waals surface area contributed by atoms with Crippen molar-refractivity contribution in [2.24, 2.45) is 5.92 Å². The van der Waals surface area contributed by atoms with E-state index in [0.29, 0.717) is 12.0 Å². The number of nitrogens with zero attached hydrogens (tertiary/aromatic N) is 2. The summed E-state index contributed by atoms with van der Waals surface area (Å²) in [5, 5.41) is 8.88. The summed E-state index contributed by atoms with van der Waals surface area (Å²) >= 11 is 0.